The van der Waals surface area contributed by atoms with E-state index in [1.54, 1.807) is 0 Å². The fourth-order valence-corrected chi connectivity index (χ4v) is 1.39. The number of methoxy groups -OCH3 is 1. The van der Waals surface area contributed by atoms with Gasteiger partial charge in [0.2, 0.25) is 0 Å². The molecule has 0 spiro atoms. The van der Waals surface area contributed by atoms with Gasteiger partial charge in [-0.25, -0.2) is 4.79 Å². The number of rotatable bonds is 1. The molecule has 0 bridgehead atoms. The van der Waals surface area contributed by atoms with Gasteiger partial charge < -0.3 is 22.6 Å². The smallest absolute Gasteiger partial charge is 0.453 e. The van der Waals surface area contributed by atoms with E-state index in [0.717, 1.165) is 12.0 Å². The van der Waals surface area contributed by atoms with Crippen LogP contribution >= 0.6 is 0 Å². The third-order valence-corrected chi connectivity index (χ3v) is 2.19. The zero-order valence-electron chi connectivity index (χ0n) is 8.17. The number of ether oxygens (including phenoxy) is 1. The molecule has 1 heterocycles. The minimum Gasteiger partial charge on any atom is -0.453 e. The Hall–Kier alpha value is 0.761. The molecule has 8 heteroatoms. The maximum Gasteiger partial charge on any atom is 1.00 e. The molecule has 0 aromatic rings. The van der Waals surface area contributed by atoms with E-state index in [4.69, 9.17) is 0 Å². The zero-order chi connectivity index (χ0) is 10.1. The molecule has 0 aromatic carbocycles. The van der Waals surface area contributed by atoms with E-state index in [0.29, 0.717) is 0 Å². The molecule has 76 valence electrons. The molecule has 0 saturated carbocycles. The van der Waals surface area contributed by atoms with Crippen molar-refractivity contribution in [3.63, 3.8) is 0 Å². The van der Waals surface area contributed by atoms with Gasteiger partial charge in [-0.2, -0.15) is 0 Å². The number of carbonyl (C=O) groups is 1. The molecule has 1 aliphatic heterocycles. The van der Waals surface area contributed by atoms with Crippen molar-refractivity contribution in [3.8, 4) is 0 Å². The predicted octanol–water partition coefficient (Wildman–Crippen LogP) is -1.32. The van der Waals surface area contributed by atoms with Crippen LogP contribution in [0, 0.1) is 0 Å². The molecular weight excluding hydrogens is 225 g/mol. The molecule has 3 nitrogen and oxygen atoms in total. The number of halogens is 3. The second-order valence-corrected chi connectivity index (χ2v) is 3.09. The van der Waals surface area contributed by atoms with Gasteiger partial charge in [-0.1, -0.05) is 12.2 Å². The summed E-state index contributed by atoms with van der Waals surface area (Å²) in [6.07, 6.45) is -0.680. The van der Waals surface area contributed by atoms with E-state index in [-0.39, 0.29) is 70.9 Å². The summed E-state index contributed by atoms with van der Waals surface area (Å²) in [7, 11) is 1.16. The minimum atomic E-state index is -4.82. The zero-order valence-corrected chi connectivity index (χ0v) is 11.3. The van der Waals surface area contributed by atoms with Crippen molar-refractivity contribution in [1.29, 1.82) is 0 Å². The Labute approximate surface area is 123 Å². The van der Waals surface area contributed by atoms with Gasteiger partial charge in [-0.05, 0) is 0 Å². The summed E-state index contributed by atoms with van der Waals surface area (Å²) in [5.74, 6) is -1.33. The molecule has 14 heavy (non-hydrogen) atoms. The maximum absolute atomic E-state index is 12.2. The van der Waals surface area contributed by atoms with Crippen LogP contribution in [0.1, 0.15) is 6.42 Å². The monoisotopic (exact) mass is 235 g/mol. The first kappa shape index (κ1) is 14.8. The summed E-state index contributed by atoms with van der Waals surface area (Å²) in [5, 5.41) is 0. The molecule has 1 saturated heterocycles. The largest absolute Gasteiger partial charge is 1.00 e. The summed E-state index contributed by atoms with van der Waals surface area (Å²) < 4.78 is 40.9. The van der Waals surface area contributed by atoms with Gasteiger partial charge in [-0.15, -0.1) is 0 Å². The SMILES string of the molecule is COC(=O)N1CCC([B-](F)(F)F)C1.[K+]. The topological polar surface area (TPSA) is 29.5 Å². The number of likely N-dealkylation sites (tertiary alicyclic amines) is 1. The fraction of sp³-hybridized carbons (Fsp3) is 0.833. The van der Waals surface area contributed by atoms with Gasteiger partial charge in [0.25, 0.3) is 0 Å². The molecule has 1 aliphatic rings. The summed E-state index contributed by atoms with van der Waals surface area (Å²) >= 11 is 0. The standard InChI is InChI=1S/C6H10BF3NO2.K/c1-13-6(12)11-3-2-5(4-11)7(8,9)10;/h5H,2-4H2,1H3;/q-1;+1. The summed E-state index contributed by atoms with van der Waals surface area (Å²) in [6, 6.07) is 0. The molecule has 0 N–H and O–H groups in total. The van der Waals surface area contributed by atoms with Crippen molar-refractivity contribution < 1.29 is 73.9 Å². The average Bonchev–Trinajstić information content (AvgIpc) is 2.50. The van der Waals surface area contributed by atoms with Crippen LogP contribution in [0.25, 0.3) is 0 Å². The van der Waals surface area contributed by atoms with Crippen LogP contribution in [0.15, 0.2) is 0 Å². The predicted molar refractivity (Wildman–Crippen MR) is 41.4 cm³/mol. The molecule has 1 fully saturated rings. The van der Waals surface area contributed by atoms with Gasteiger partial charge in [0, 0.05) is 13.1 Å². The third kappa shape index (κ3) is 3.73. The van der Waals surface area contributed by atoms with Gasteiger partial charge in [0.1, 0.15) is 0 Å². The van der Waals surface area contributed by atoms with E-state index in [2.05, 4.69) is 4.74 Å². The van der Waals surface area contributed by atoms with E-state index in [1.807, 2.05) is 0 Å². The molecular formula is C6H10BF3KNO2. The normalized spacial score (nSPS) is 21.7. The van der Waals surface area contributed by atoms with Gasteiger partial charge in [0.05, 0.1) is 7.11 Å². The average molecular weight is 235 g/mol. The number of hydrogen-bond acceptors (Lipinski definition) is 2. The van der Waals surface area contributed by atoms with Crippen LogP contribution in [0.3, 0.4) is 0 Å². The summed E-state index contributed by atoms with van der Waals surface area (Å²) in [6.45, 7) is -4.94. The number of amides is 1. The molecule has 0 aromatic heterocycles. The van der Waals surface area contributed by atoms with Crippen molar-refractivity contribution in [2.24, 2.45) is 0 Å². The first-order chi connectivity index (χ1) is 5.95. The second kappa shape index (κ2) is 5.74. The van der Waals surface area contributed by atoms with Crippen LogP contribution < -0.4 is 51.4 Å². The maximum atomic E-state index is 12.2. The Morgan fingerprint density at radius 2 is 2.07 bits per heavy atom. The van der Waals surface area contributed by atoms with Crippen molar-refractivity contribution in [2.45, 2.75) is 12.2 Å². The van der Waals surface area contributed by atoms with Crippen molar-refractivity contribution in [2.75, 3.05) is 20.2 Å². The molecule has 1 atom stereocenters. The van der Waals surface area contributed by atoms with E-state index < -0.39 is 18.9 Å². The Morgan fingerprint density at radius 3 is 2.43 bits per heavy atom. The Morgan fingerprint density at radius 1 is 1.50 bits per heavy atom. The Kier molecular flexibility index (Phi) is 6.05. The van der Waals surface area contributed by atoms with Gasteiger partial charge >= 0.3 is 64.5 Å². The number of nitrogens with zero attached hydrogens (tertiary/aromatic N) is 1. The van der Waals surface area contributed by atoms with Crippen molar-refractivity contribution in [3.05, 3.63) is 0 Å². The van der Waals surface area contributed by atoms with Crippen molar-refractivity contribution in [1.82, 2.24) is 4.90 Å². The second-order valence-electron chi connectivity index (χ2n) is 3.09. The summed E-state index contributed by atoms with van der Waals surface area (Å²) in [5.41, 5.74) is 0. The van der Waals surface area contributed by atoms with Crippen LogP contribution in [0.4, 0.5) is 17.7 Å². The molecule has 1 rings (SSSR count). The fourth-order valence-electron chi connectivity index (χ4n) is 1.39. The van der Waals surface area contributed by atoms with Gasteiger partial charge in [-0.3, -0.25) is 0 Å². The van der Waals surface area contributed by atoms with E-state index in [1.165, 1.54) is 0 Å². The van der Waals surface area contributed by atoms with E-state index >= 15 is 0 Å². The van der Waals surface area contributed by atoms with Crippen LogP contribution in [0.5, 0.6) is 0 Å². The number of hydrogen-bond donors (Lipinski definition) is 0. The molecule has 1 amide bonds. The van der Waals surface area contributed by atoms with Crippen LogP contribution in [-0.2, 0) is 4.74 Å². The summed E-state index contributed by atoms with van der Waals surface area (Å²) in [4.78, 5) is 11.9. The van der Waals surface area contributed by atoms with Gasteiger partial charge in [0.15, 0.2) is 0 Å². The Bertz CT molecular complexity index is 214. The molecule has 1 unspecified atom stereocenters. The number of carbonyl (C=O) groups excluding carboxylic acids is 1. The Balaban J connectivity index is 0.00000169. The first-order valence-corrected chi connectivity index (χ1v) is 3.98. The van der Waals surface area contributed by atoms with Crippen molar-refractivity contribution >= 4 is 13.1 Å². The molecule has 0 radical (unpaired) electrons. The quantitative estimate of drug-likeness (QED) is 0.527. The first-order valence-electron chi connectivity index (χ1n) is 3.98. The van der Waals surface area contributed by atoms with Crippen LogP contribution in [-0.4, -0.2) is 38.2 Å². The van der Waals surface area contributed by atoms with Crippen LogP contribution in [0.2, 0.25) is 5.82 Å². The third-order valence-electron chi connectivity index (χ3n) is 2.19. The van der Waals surface area contributed by atoms with E-state index in [9.17, 15) is 17.7 Å². The minimum absolute atomic E-state index is 0. The molecule has 0 aliphatic carbocycles.